The van der Waals surface area contributed by atoms with Gasteiger partial charge in [0.15, 0.2) is 0 Å². The summed E-state index contributed by atoms with van der Waals surface area (Å²) >= 11 is 0. The van der Waals surface area contributed by atoms with Crippen molar-refractivity contribution in [3.05, 3.63) is 35.8 Å². The number of likely N-dealkylation sites (N-methyl/N-ethyl adjacent to an activating group) is 1. The topological polar surface area (TPSA) is 40.9 Å². The van der Waals surface area contributed by atoms with Gasteiger partial charge in [-0.15, -0.1) is 0 Å². The highest BCUT2D eigenvalue weighted by atomic mass is 19.4. The Balaban J connectivity index is 1.74. The highest BCUT2D eigenvalue weighted by Gasteiger charge is 2.40. The molecule has 2 aromatic rings. The summed E-state index contributed by atoms with van der Waals surface area (Å²) in [6, 6.07) is 5.15. The van der Waals surface area contributed by atoms with Gasteiger partial charge in [-0.3, -0.25) is 9.69 Å². The number of aryl methyl sites for hydroxylation is 1. The third-order valence-electron chi connectivity index (χ3n) is 4.40. The van der Waals surface area contributed by atoms with E-state index in [-0.39, 0.29) is 6.54 Å². The van der Waals surface area contributed by atoms with E-state index in [0.717, 1.165) is 21.9 Å². The molecule has 1 aliphatic heterocycles. The van der Waals surface area contributed by atoms with E-state index in [1.54, 1.807) is 7.05 Å². The van der Waals surface area contributed by atoms with E-state index < -0.39 is 24.7 Å². The SMILES string of the molecule is Cc1nc2ccccn2c1CN(C)[C@H]1CCN(CC(F)(F)F)C1=O. The second kappa shape index (κ2) is 6.08. The van der Waals surface area contributed by atoms with Gasteiger partial charge < -0.3 is 9.30 Å². The normalized spacial score (nSPS) is 19.0. The smallest absolute Gasteiger partial charge is 0.332 e. The highest BCUT2D eigenvalue weighted by Crippen LogP contribution is 2.24. The molecule has 0 bridgehead atoms. The Morgan fingerprint density at radius 1 is 1.38 bits per heavy atom. The zero-order valence-corrected chi connectivity index (χ0v) is 13.5. The van der Waals surface area contributed by atoms with Gasteiger partial charge in [-0.05, 0) is 32.5 Å². The minimum atomic E-state index is -4.36. The molecule has 0 saturated carbocycles. The van der Waals surface area contributed by atoms with Crippen LogP contribution in [-0.2, 0) is 11.3 Å². The first kappa shape index (κ1) is 16.8. The number of hydrogen-bond acceptors (Lipinski definition) is 3. The number of carbonyl (C=O) groups excluding carboxylic acids is 1. The molecule has 1 atom stereocenters. The summed E-state index contributed by atoms with van der Waals surface area (Å²) in [7, 11) is 1.77. The molecule has 0 spiro atoms. The van der Waals surface area contributed by atoms with Crippen LogP contribution in [0.4, 0.5) is 13.2 Å². The molecule has 1 aliphatic rings. The zero-order valence-electron chi connectivity index (χ0n) is 13.5. The third kappa shape index (κ3) is 3.24. The summed E-state index contributed by atoms with van der Waals surface area (Å²) in [4.78, 5) is 19.4. The average Bonchev–Trinajstić information content (AvgIpc) is 2.99. The Morgan fingerprint density at radius 3 is 2.83 bits per heavy atom. The van der Waals surface area contributed by atoms with Gasteiger partial charge in [-0.2, -0.15) is 13.2 Å². The molecule has 24 heavy (non-hydrogen) atoms. The number of halogens is 3. The monoisotopic (exact) mass is 340 g/mol. The fourth-order valence-corrected chi connectivity index (χ4v) is 3.21. The van der Waals surface area contributed by atoms with Gasteiger partial charge in [-0.1, -0.05) is 6.07 Å². The molecule has 3 rings (SSSR count). The second-order valence-electron chi connectivity index (χ2n) is 6.17. The fourth-order valence-electron chi connectivity index (χ4n) is 3.21. The lowest BCUT2D eigenvalue weighted by Gasteiger charge is -2.24. The maximum atomic E-state index is 12.5. The second-order valence-corrected chi connectivity index (χ2v) is 6.17. The first-order chi connectivity index (χ1) is 11.3. The number of nitrogens with zero attached hydrogens (tertiary/aromatic N) is 4. The molecule has 8 heteroatoms. The molecule has 1 saturated heterocycles. The van der Waals surface area contributed by atoms with Crippen LogP contribution in [0.25, 0.3) is 5.65 Å². The molecule has 0 aromatic carbocycles. The van der Waals surface area contributed by atoms with Crippen LogP contribution in [0.1, 0.15) is 17.8 Å². The number of rotatable bonds is 4. The Hall–Kier alpha value is -2.09. The van der Waals surface area contributed by atoms with Crippen molar-refractivity contribution in [2.24, 2.45) is 0 Å². The average molecular weight is 340 g/mol. The maximum absolute atomic E-state index is 12.5. The maximum Gasteiger partial charge on any atom is 0.406 e. The number of pyridine rings is 1. The van der Waals surface area contributed by atoms with Crippen LogP contribution in [0.2, 0.25) is 0 Å². The van der Waals surface area contributed by atoms with Crippen LogP contribution in [-0.4, -0.2) is 57.4 Å². The first-order valence-electron chi connectivity index (χ1n) is 7.74. The van der Waals surface area contributed by atoms with E-state index in [1.807, 2.05) is 40.6 Å². The summed E-state index contributed by atoms with van der Waals surface area (Å²) in [5.41, 5.74) is 2.61. The van der Waals surface area contributed by atoms with Crippen molar-refractivity contribution in [1.82, 2.24) is 19.2 Å². The summed E-state index contributed by atoms with van der Waals surface area (Å²) in [6.07, 6.45) is -2.06. The third-order valence-corrected chi connectivity index (χ3v) is 4.40. The molecular formula is C16H19F3N4O. The molecule has 1 amide bonds. The quantitative estimate of drug-likeness (QED) is 0.857. The molecule has 3 heterocycles. The minimum Gasteiger partial charge on any atom is -0.332 e. The van der Waals surface area contributed by atoms with Crippen molar-refractivity contribution in [1.29, 1.82) is 0 Å². The number of carbonyl (C=O) groups is 1. The number of fused-ring (bicyclic) bond motifs is 1. The van der Waals surface area contributed by atoms with Gasteiger partial charge in [0.05, 0.1) is 17.4 Å². The van der Waals surface area contributed by atoms with Crippen LogP contribution in [0.15, 0.2) is 24.4 Å². The lowest BCUT2D eigenvalue weighted by Crippen LogP contribution is -2.42. The Labute approximate surface area is 137 Å². The molecule has 0 N–H and O–H groups in total. The zero-order chi connectivity index (χ0) is 17.5. The van der Waals surface area contributed by atoms with Crippen molar-refractivity contribution in [2.45, 2.75) is 32.1 Å². The van der Waals surface area contributed by atoms with E-state index in [4.69, 9.17) is 0 Å². The molecule has 0 aliphatic carbocycles. The molecule has 2 aromatic heterocycles. The lowest BCUT2D eigenvalue weighted by atomic mass is 10.2. The van der Waals surface area contributed by atoms with Gasteiger partial charge in [0.2, 0.25) is 5.91 Å². The van der Waals surface area contributed by atoms with Crippen LogP contribution in [0.5, 0.6) is 0 Å². The van der Waals surface area contributed by atoms with Crippen molar-refractivity contribution in [3.63, 3.8) is 0 Å². The predicted octanol–water partition coefficient (Wildman–Crippen LogP) is 2.24. The summed E-state index contributed by atoms with van der Waals surface area (Å²) in [5.74, 6) is -0.457. The number of alkyl halides is 3. The molecule has 1 fully saturated rings. The van der Waals surface area contributed by atoms with Crippen molar-refractivity contribution in [2.75, 3.05) is 20.1 Å². The van der Waals surface area contributed by atoms with Gasteiger partial charge in [0.1, 0.15) is 12.2 Å². The Kier molecular flexibility index (Phi) is 4.25. The van der Waals surface area contributed by atoms with Crippen LogP contribution >= 0.6 is 0 Å². The molecule has 0 radical (unpaired) electrons. The van der Waals surface area contributed by atoms with Gasteiger partial charge in [0.25, 0.3) is 0 Å². The van der Waals surface area contributed by atoms with Crippen LogP contribution < -0.4 is 0 Å². The van der Waals surface area contributed by atoms with Crippen LogP contribution in [0.3, 0.4) is 0 Å². The van der Waals surface area contributed by atoms with E-state index >= 15 is 0 Å². The van der Waals surface area contributed by atoms with E-state index in [9.17, 15) is 18.0 Å². The largest absolute Gasteiger partial charge is 0.406 e. The summed E-state index contributed by atoms with van der Waals surface area (Å²) in [5, 5.41) is 0. The van der Waals surface area contributed by atoms with Gasteiger partial charge in [0, 0.05) is 19.3 Å². The van der Waals surface area contributed by atoms with Gasteiger partial charge in [-0.25, -0.2) is 4.98 Å². The van der Waals surface area contributed by atoms with Crippen molar-refractivity contribution in [3.8, 4) is 0 Å². The Bertz CT molecular complexity index is 755. The summed E-state index contributed by atoms with van der Waals surface area (Å²) < 4.78 is 39.5. The standard InChI is InChI=1S/C16H19F3N4O/c1-11-13(23-7-4-3-5-14(23)20-11)9-21(2)12-6-8-22(15(12)24)10-16(17,18)19/h3-5,7,12H,6,8-10H2,1-2H3/t12-/m0/s1. The first-order valence-corrected chi connectivity index (χ1v) is 7.74. The molecule has 130 valence electrons. The Morgan fingerprint density at radius 2 is 2.12 bits per heavy atom. The molecule has 0 unspecified atom stereocenters. The van der Waals surface area contributed by atoms with E-state index in [1.165, 1.54) is 0 Å². The van der Waals surface area contributed by atoms with Gasteiger partial charge >= 0.3 is 6.18 Å². The fraction of sp³-hybridized carbons (Fsp3) is 0.500. The minimum absolute atomic E-state index is 0.138. The number of amides is 1. The lowest BCUT2D eigenvalue weighted by molar-refractivity contribution is -0.159. The summed E-state index contributed by atoms with van der Waals surface area (Å²) in [6.45, 7) is 1.31. The van der Waals surface area contributed by atoms with Crippen molar-refractivity contribution < 1.29 is 18.0 Å². The number of aromatic nitrogens is 2. The molecular weight excluding hydrogens is 321 g/mol. The number of hydrogen-bond donors (Lipinski definition) is 0. The number of imidazole rings is 1. The number of likely N-dealkylation sites (tertiary alicyclic amines) is 1. The predicted molar refractivity (Wildman–Crippen MR) is 82.4 cm³/mol. The highest BCUT2D eigenvalue weighted by molar-refractivity contribution is 5.84. The van der Waals surface area contributed by atoms with Crippen LogP contribution in [0, 0.1) is 6.92 Å². The van der Waals surface area contributed by atoms with Crippen molar-refractivity contribution >= 4 is 11.6 Å². The molecule has 5 nitrogen and oxygen atoms in total. The van der Waals surface area contributed by atoms with E-state index in [2.05, 4.69) is 4.98 Å². The van der Waals surface area contributed by atoms with E-state index in [0.29, 0.717) is 13.0 Å².